The van der Waals surface area contributed by atoms with Crippen LogP contribution in [0.15, 0.2) is 64.7 Å². The molecule has 0 bridgehead atoms. The Morgan fingerprint density at radius 1 is 1.25 bits per heavy atom. The number of benzene rings is 1. The number of nitrogens with zero attached hydrogens (tertiary/aromatic N) is 1. The van der Waals surface area contributed by atoms with Crippen LogP contribution in [-0.4, -0.2) is 6.72 Å². The molecule has 0 spiro atoms. The fraction of sp³-hybridized carbons (Fsp3) is 0.235. The Kier molecular flexibility index (Phi) is 6.77. The van der Waals surface area contributed by atoms with E-state index in [-0.39, 0.29) is 12.0 Å². The van der Waals surface area contributed by atoms with E-state index >= 15 is 0 Å². The third-order valence-electron chi connectivity index (χ3n) is 3.15. The molecular formula is C17H19Cl2N. The fourth-order valence-corrected chi connectivity index (χ4v) is 2.20. The molecule has 0 saturated heterocycles. The van der Waals surface area contributed by atoms with Crippen molar-refractivity contribution in [1.29, 1.82) is 0 Å². The van der Waals surface area contributed by atoms with E-state index in [2.05, 4.69) is 25.2 Å². The molecule has 0 N–H and O–H groups in total. The molecule has 0 radical (unpaired) electrons. The first-order chi connectivity index (χ1) is 9.49. The van der Waals surface area contributed by atoms with Crippen molar-refractivity contribution in [3.63, 3.8) is 0 Å². The average Bonchev–Trinajstić information content (AvgIpc) is 2.42. The topological polar surface area (TPSA) is 12.4 Å². The molecule has 0 aromatic heterocycles. The van der Waals surface area contributed by atoms with E-state index in [9.17, 15) is 0 Å². The van der Waals surface area contributed by atoms with Gasteiger partial charge in [0, 0.05) is 16.0 Å². The lowest BCUT2D eigenvalue weighted by molar-refractivity contribution is 0.554. The van der Waals surface area contributed by atoms with E-state index in [4.69, 9.17) is 23.2 Å². The maximum atomic E-state index is 5.92. The zero-order chi connectivity index (χ0) is 15.1. The van der Waals surface area contributed by atoms with Gasteiger partial charge in [0.1, 0.15) is 0 Å². The molecule has 2 atom stereocenters. The summed E-state index contributed by atoms with van der Waals surface area (Å²) < 4.78 is 0. The van der Waals surface area contributed by atoms with Crippen LogP contribution in [0.2, 0.25) is 5.02 Å². The maximum absolute atomic E-state index is 5.92. The van der Waals surface area contributed by atoms with Gasteiger partial charge < -0.3 is 0 Å². The molecule has 2 unspecified atom stereocenters. The number of allylic oxidation sites excluding steroid dienone is 4. The van der Waals surface area contributed by atoms with Gasteiger partial charge in [0.2, 0.25) is 0 Å². The Hall–Kier alpha value is -1.31. The predicted molar refractivity (Wildman–Crippen MR) is 90.8 cm³/mol. The lowest BCUT2D eigenvalue weighted by Crippen LogP contribution is -2.09. The summed E-state index contributed by atoms with van der Waals surface area (Å²) in [4.78, 5) is 4.25. The Labute approximate surface area is 131 Å². The highest BCUT2D eigenvalue weighted by Gasteiger charge is 2.19. The van der Waals surface area contributed by atoms with Crippen LogP contribution in [-0.2, 0) is 0 Å². The predicted octanol–water partition coefficient (Wildman–Crippen LogP) is 5.97. The van der Waals surface area contributed by atoms with E-state index in [0.717, 1.165) is 16.2 Å². The molecule has 0 aliphatic carbocycles. The first-order valence-corrected chi connectivity index (χ1v) is 7.13. The van der Waals surface area contributed by atoms with Gasteiger partial charge in [-0.15, -0.1) is 0 Å². The Bertz CT molecular complexity index is 522. The zero-order valence-corrected chi connectivity index (χ0v) is 13.3. The standard InChI is InChI=1S/C17H19Cl2N/c1-5-14(7-6-12(2)18)13(3)17(20-4)15-8-10-16(19)11-9-15/h5-11,13,17H,1,4H2,2-3H3/b12-6+,14-7+. The number of aliphatic imine (C=N–C) groups is 1. The number of hydrogen-bond acceptors (Lipinski definition) is 1. The first-order valence-electron chi connectivity index (χ1n) is 6.37. The monoisotopic (exact) mass is 307 g/mol. The molecule has 20 heavy (non-hydrogen) atoms. The second-order valence-electron chi connectivity index (χ2n) is 4.59. The van der Waals surface area contributed by atoms with Crippen molar-refractivity contribution in [2.24, 2.45) is 10.9 Å². The van der Waals surface area contributed by atoms with Crippen LogP contribution in [0, 0.1) is 5.92 Å². The molecular weight excluding hydrogens is 289 g/mol. The van der Waals surface area contributed by atoms with Gasteiger partial charge in [0.05, 0.1) is 6.04 Å². The van der Waals surface area contributed by atoms with E-state index < -0.39 is 0 Å². The largest absolute Gasteiger partial charge is 0.292 e. The van der Waals surface area contributed by atoms with Crippen LogP contribution in [0.25, 0.3) is 0 Å². The highest BCUT2D eigenvalue weighted by atomic mass is 35.5. The molecule has 0 heterocycles. The minimum atomic E-state index is -0.0412. The summed E-state index contributed by atoms with van der Waals surface area (Å²) in [7, 11) is 0. The molecule has 1 nitrogen and oxygen atoms in total. The molecule has 1 aromatic carbocycles. The minimum absolute atomic E-state index is 0.0412. The van der Waals surface area contributed by atoms with Gasteiger partial charge in [0.15, 0.2) is 0 Å². The summed E-state index contributed by atoms with van der Waals surface area (Å²) in [6.45, 7) is 11.5. The third-order valence-corrected chi connectivity index (χ3v) is 3.53. The first kappa shape index (κ1) is 16.7. The van der Waals surface area contributed by atoms with Gasteiger partial charge in [-0.25, -0.2) is 0 Å². The normalized spacial score (nSPS) is 15.6. The van der Waals surface area contributed by atoms with Crippen LogP contribution >= 0.6 is 23.2 Å². The van der Waals surface area contributed by atoms with Crippen LogP contribution in [0.3, 0.4) is 0 Å². The molecule has 3 heteroatoms. The van der Waals surface area contributed by atoms with Crippen LogP contribution in [0.1, 0.15) is 25.5 Å². The molecule has 1 rings (SSSR count). The van der Waals surface area contributed by atoms with Gasteiger partial charge in [0.25, 0.3) is 0 Å². The second kappa shape index (κ2) is 8.08. The summed E-state index contributed by atoms with van der Waals surface area (Å²) in [5.74, 6) is 0.151. The molecule has 0 aliphatic rings. The summed E-state index contributed by atoms with van der Waals surface area (Å²) in [5, 5.41) is 1.44. The van der Waals surface area contributed by atoms with Gasteiger partial charge >= 0.3 is 0 Å². The number of halogens is 2. The average molecular weight is 308 g/mol. The third kappa shape index (κ3) is 4.66. The molecule has 1 aromatic rings. The number of rotatable bonds is 6. The quantitative estimate of drug-likeness (QED) is 0.453. The van der Waals surface area contributed by atoms with Gasteiger partial charge in [-0.3, -0.25) is 4.99 Å². The SMILES string of the molecule is C=C/C(=C\C=C(/C)Cl)C(C)C(N=C)c1ccc(Cl)cc1. The van der Waals surface area contributed by atoms with Gasteiger partial charge in [-0.1, -0.05) is 61.0 Å². The molecule has 0 aliphatic heterocycles. The molecule has 0 amide bonds. The van der Waals surface area contributed by atoms with Gasteiger partial charge in [-0.05, 0) is 43.0 Å². The number of hydrogen-bond donors (Lipinski definition) is 0. The maximum Gasteiger partial charge on any atom is 0.0807 e. The van der Waals surface area contributed by atoms with Crippen LogP contribution in [0.5, 0.6) is 0 Å². The lowest BCUT2D eigenvalue weighted by atomic mass is 9.88. The van der Waals surface area contributed by atoms with E-state index in [1.807, 2.05) is 49.4 Å². The minimum Gasteiger partial charge on any atom is -0.292 e. The summed E-state index contributed by atoms with van der Waals surface area (Å²) in [6.07, 6.45) is 5.65. The van der Waals surface area contributed by atoms with E-state index in [1.54, 1.807) is 0 Å². The Morgan fingerprint density at radius 3 is 2.30 bits per heavy atom. The van der Waals surface area contributed by atoms with Crippen molar-refractivity contribution in [3.8, 4) is 0 Å². The summed E-state index contributed by atoms with van der Waals surface area (Å²) in [6, 6.07) is 7.63. The van der Waals surface area contributed by atoms with Crippen molar-refractivity contribution in [3.05, 3.63) is 70.3 Å². The molecule has 106 valence electrons. The molecule has 0 saturated carbocycles. The molecule has 0 fully saturated rings. The summed E-state index contributed by atoms with van der Waals surface area (Å²) in [5.41, 5.74) is 2.15. The zero-order valence-electron chi connectivity index (χ0n) is 11.8. The lowest BCUT2D eigenvalue weighted by Gasteiger charge is -2.21. The highest BCUT2D eigenvalue weighted by molar-refractivity contribution is 6.30. The van der Waals surface area contributed by atoms with Crippen LogP contribution < -0.4 is 0 Å². The smallest absolute Gasteiger partial charge is 0.0807 e. The van der Waals surface area contributed by atoms with Crippen LogP contribution in [0.4, 0.5) is 0 Å². The van der Waals surface area contributed by atoms with E-state index in [1.165, 1.54) is 0 Å². The van der Waals surface area contributed by atoms with Crippen molar-refractivity contribution in [1.82, 2.24) is 0 Å². The summed E-state index contributed by atoms with van der Waals surface area (Å²) >= 11 is 11.8. The van der Waals surface area contributed by atoms with E-state index in [0.29, 0.717) is 5.02 Å². The van der Waals surface area contributed by atoms with Crippen molar-refractivity contribution < 1.29 is 0 Å². The van der Waals surface area contributed by atoms with Crippen molar-refractivity contribution in [2.45, 2.75) is 19.9 Å². The van der Waals surface area contributed by atoms with Crippen molar-refractivity contribution >= 4 is 29.9 Å². The Balaban J connectivity index is 3.07. The highest BCUT2D eigenvalue weighted by Crippen LogP contribution is 2.32. The Morgan fingerprint density at radius 2 is 1.85 bits per heavy atom. The van der Waals surface area contributed by atoms with Gasteiger partial charge in [-0.2, -0.15) is 0 Å². The fourth-order valence-electron chi connectivity index (χ4n) is 2.01. The second-order valence-corrected chi connectivity index (χ2v) is 5.62. The van der Waals surface area contributed by atoms with Crippen molar-refractivity contribution in [2.75, 3.05) is 0 Å².